The summed E-state index contributed by atoms with van der Waals surface area (Å²) in [7, 11) is 0. The number of halogens is 1. The van der Waals surface area contributed by atoms with Crippen molar-refractivity contribution >= 4 is 39.7 Å². The van der Waals surface area contributed by atoms with Gasteiger partial charge < -0.3 is 9.88 Å². The van der Waals surface area contributed by atoms with Gasteiger partial charge in [0.25, 0.3) is 11.5 Å². The van der Waals surface area contributed by atoms with E-state index in [0.29, 0.717) is 44.8 Å². The Balaban J connectivity index is 1.61. The van der Waals surface area contributed by atoms with Crippen LogP contribution in [-0.4, -0.2) is 42.3 Å². The van der Waals surface area contributed by atoms with Crippen LogP contribution < -0.4 is 5.56 Å². The predicted octanol–water partition coefficient (Wildman–Crippen LogP) is 3.54. The van der Waals surface area contributed by atoms with Gasteiger partial charge in [0.15, 0.2) is 10.8 Å². The Kier molecular flexibility index (Phi) is 5.82. The number of H-pyrrole nitrogens is 1. The molecule has 1 amide bonds. The van der Waals surface area contributed by atoms with Crippen LogP contribution in [0.4, 0.5) is 0 Å². The molecule has 3 aromatic heterocycles. The van der Waals surface area contributed by atoms with E-state index in [0.717, 1.165) is 6.42 Å². The first kappa shape index (κ1) is 20.1. The van der Waals surface area contributed by atoms with Gasteiger partial charge in [-0.25, -0.2) is 19.9 Å². The van der Waals surface area contributed by atoms with Gasteiger partial charge in [0, 0.05) is 29.3 Å². The van der Waals surface area contributed by atoms with Crippen LogP contribution in [0.2, 0.25) is 5.02 Å². The van der Waals surface area contributed by atoms with Crippen molar-refractivity contribution < 1.29 is 4.79 Å². The zero-order valence-electron chi connectivity index (χ0n) is 16.0. The highest BCUT2D eigenvalue weighted by Gasteiger charge is 2.21. The van der Waals surface area contributed by atoms with E-state index >= 15 is 0 Å². The van der Waals surface area contributed by atoms with E-state index in [1.54, 1.807) is 46.9 Å². The molecule has 0 fully saturated rings. The normalized spacial score (nSPS) is 11.0. The van der Waals surface area contributed by atoms with Crippen LogP contribution in [0.5, 0.6) is 0 Å². The molecule has 152 valence electrons. The molecule has 0 aliphatic carbocycles. The molecule has 3 heterocycles. The zero-order valence-corrected chi connectivity index (χ0v) is 17.6. The van der Waals surface area contributed by atoms with Crippen LogP contribution >= 0.6 is 22.9 Å². The fraction of sp³-hybridized carbons (Fsp3) is 0.200. The first-order chi connectivity index (χ1) is 14.5. The Morgan fingerprint density at radius 2 is 2.03 bits per heavy atom. The minimum Gasteiger partial charge on any atom is -0.330 e. The SMILES string of the molecule is CCCN(Cc1nc2cc(Cl)ccc2c(=O)[nH]1)C(=O)c1csc(-c2ncccn2)n1. The summed E-state index contributed by atoms with van der Waals surface area (Å²) in [5.74, 6) is 0.614. The van der Waals surface area contributed by atoms with Crippen LogP contribution in [0.3, 0.4) is 0 Å². The van der Waals surface area contributed by atoms with Crippen LogP contribution in [0.25, 0.3) is 21.7 Å². The quantitative estimate of drug-likeness (QED) is 0.491. The Hall–Kier alpha value is -3.17. The van der Waals surface area contributed by atoms with E-state index in [2.05, 4.69) is 24.9 Å². The summed E-state index contributed by atoms with van der Waals surface area (Å²) in [6.07, 6.45) is 4.00. The molecular weight excluding hydrogens is 424 g/mol. The van der Waals surface area contributed by atoms with Crippen LogP contribution in [-0.2, 0) is 6.54 Å². The molecule has 10 heteroatoms. The summed E-state index contributed by atoms with van der Waals surface area (Å²) < 4.78 is 0. The predicted molar refractivity (Wildman–Crippen MR) is 116 cm³/mol. The van der Waals surface area contributed by atoms with E-state index in [1.807, 2.05) is 6.92 Å². The van der Waals surface area contributed by atoms with Gasteiger partial charge in [-0.15, -0.1) is 11.3 Å². The highest BCUT2D eigenvalue weighted by Crippen LogP contribution is 2.21. The number of carbonyl (C=O) groups is 1. The fourth-order valence-corrected chi connectivity index (χ4v) is 3.89. The van der Waals surface area contributed by atoms with Crippen molar-refractivity contribution in [3.8, 4) is 10.8 Å². The molecule has 0 unspecified atom stereocenters. The average molecular weight is 441 g/mol. The maximum atomic E-state index is 13.1. The summed E-state index contributed by atoms with van der Waals surface area (Å²) in [5.41, 5.74) is 0.525. The Bertz CT molecular complexity index is 1260. The van der Waals surface area contributed by atoms with Gasteiger partial charge in [-0.1, -0.05) is 18.5 Å². The fourth-order valence-electron chi connectivity index (χ4n) is 2.99. The van der Waals surface area contributed by atoms with Crippen molar-refractivity contribution in [2.75, 3.05) is 6.54 Å². The largest absolute Gasteiger partial charge is 0.330 e. The number of aromatic amines is 1. The number of nitrogens with one attached hydrogen (secondary N) is 1. The molecule has 0 aliphatic rings. The third-order valence-electron chi connectivity index (χ3n) is 4.32. The van der Waals surface area contributed by atoms with Crippen LogP contribution in [0, 0.1) is 0 Å². The summed E-state index contributed by atoms with van der Waals surface area (Å²) in [4.78, 5) is 47.0. The van der Waals surface area contributed by atoms with Gasteiger partial charge in [0.05, 0.1) is 17.4 Å². The number of hydrogen-bond donors (Lipinski definition) is 1. The molecule has 30 heavy (non-hydrogen) atoms. The first-order valence-corrected chi connectivity index (χ1v) is 10.5. The van der Waals surface area contributed by atoms with Gasteiger partial charge >= 0.3 is 0 Å². The molecular formula is C20H17ClN6O2S. The summed E-state index contributed by atoms with van der Waals surface area (Å²) >= 11 is 7.34. The molecule has 0 spiro atoms. The summed E-state index contributed by atoms with van der Waals surface area (Å²) in [5, 5.41) is 3.20. The molecule has 0 atom stereocenters. The summed E-state index contributed by atoms with van der Waals surface area (Å²) in [6.45, 7) is 2.62. The molecule has 1 N–H and O–H groups in total. The second-order valence-electron chi connectivity index (χ2n) is 6.51. The molecule has 0 radical (unpaired) electrons. The number of benzene rings is 1. The lowest BCUT2D eigenvalue weighted by Crippen LogP contribution is -2.33. The number of thiazole rings is 1. The van der Waals surface area contributed by atoms with Crippen molar-refractivity contribution in [1.29, 1.82) is 0 Å². The maximum absolute atomic E-state index is 13.1. The third-order valence-corrected chi connectivity index (χ3v) is 5.39. The molecule has 8 nitrogen and oxygen atoms in total. The highest BCUT2D eigenvalue weighted by atomic mass is 35.5. The zero-order chi connectivity index (χ0) is 21.1. The number of hydrogen-bond acceptors (Lipinski definition) is 7. The number of aromatic nitrogens is 5. The Labute approximate surface area is 180 Å². The standard InChI is InChI=1S/C20H17ClN6O2S/c1-2-8-27(10-16-24-14-9-12(21)4-5-13(14)18(28)26-16)20(29)15-11-30-19(25-15)17-22-6-3-7-23-17/h3-7,9,11H,2,8,10H2,1H3,(H,24,26,28). The molecule has 4 rings (SSSR count). The topological polar surface area (TPSA) is 105 Å². The Morgan fingerprint density at radius 1 is 1.23 bits per heavy atom. The third kappa shape index (κ3) is 4.22. The van der Waals surface area contributed by atoms with Gasteiger partial charge in [0.2, 0.25) is 0 Å². The minimum atomic E-state index is -0.271. The van der Waals surface area contributed by atoms with E-state index in [-0.39, 0.29) is 18.0 Å². The molecule has 0 saturated carbocycles. The second-order valence-corrected chi connectivity index (χ2v) is 7.81. The number of amides is 1. The van der Waals surface area contributed by atoms with Crippen molar-refractivity contribution in [2.45, 2.75) is 19.9 Å². The van der Waals surface area contributed by atoms with Crippen LogP contribution in [0.15, 0.2) is 46.8 Å². The van der Waals surface area contributed by atoms with Crippen molar-refractivity contribution in [3.63, 3.8) is 0 Å². The maximum Gasteiger partial charge on any atom is 0.273 e. The van der Waals surface area contributed by atoms with Crippen molar-refractivity contribution in [2.24, 2.45) is 0 Å². The molecule has 0 saturated heterocycles. The monoisotopic (exact) mass is 440 g/mol. The molecule has 0 bridgehead atoms. The minimum absolute atomic E-state index is 0.152. The lowest BCUT2D eigenvalue weighted by molar-refractivity contribution is 0.0734. The van der Waals surface area contributed by atoms with Gasteiger partial charge in [0.1, 0.15) is 11.5 Å². The smallest absolute Gasteiger partial charge is 0.273 e. The molecule has 1 aromatic carbocycles. The number of rotatable bonds is 6. The number of fused-ring (bicyclic) bond motifs is 1. The Morgan fingerprint density at radius 3 is 2.80 bits per heavy atom. The average Bonchev–Trinajstić information content (AvgIpc) is 3.23. The first-order valence-electron chi connectivity index (χ1n) is 9.26. The number of carbonyl (C=O) groups excluding carboxylic acids is 1. The second kappa shape index (κ2) is 8.68. The lowest BCUT2D eigenvalue weighted by Gasteiger charge is -2.20. The van der Waals surface area contributed by atoms with E-state index in [9.17, 15) is 9.59 Å². The van der Waals surface area contributed by atoms with Gasteiger partial charge in [-0.2, -0.15) is 0 Å². The van der Waals surface area contributed by atoms with E-state index in [4.69, 9.17) is 11.6 Å². The molecule has 0 aliphatic heterocycles. The molecule has 4 aromatic rings. The van der Waals surface area contributed by atoms with Gasteiger partial charge in [-0.05, 0) is 30.7 Å². The van der Waals surface area contributed by atoms with E-state index < -0.39 is 0 Å². The summed E-state index contributed by atoms with van der Waals surface area (Å²) in [6, 6.07) is 6.62. The van der Waals surface area contributed by atoms with Crippen molar-refractivity contribution in [3.05, 3.63) is 68.9 Å². The highest BCUT2D eigenvalue weighted by molar-refractivity contribution is 7.13. The van der Waals surface area contributed by atoms with Crippen molar-refractivity contribution in [1.82, 2.24) is 29.8 Å². The van der Waals surface area contributed by atoms with E-state index in [1.165, 1.54) is 11.3 Å². The lowest BCUT2D eigenvalue weighted by atomic mass is 10.2. The van der Waals surface area contributed by atoms with Gasteiger partial charge in [-0.3, -0.25) is 9.59 Å². The number of nitrogens with zero attached hydrogens (tertiary/aromatic N) is 5. The van der Waals surface area contributed by atoms with Crippen LogP contribution in [0.1, 0.15) is 29.7 Å².